The minimum Gasteiger partial charge on any atom is -0.456 e. The zero-order chi connectivity index (χ0) is 12.5. The lowest BCUT2D eigenvalue weighted by atomic mass is 10.1. The maximum absolute atomic E-state index is 13.7. The van der Waals surface area contributed by atoms with Gasteiger partial charge >= 0.3 is 5.97 Å². The molecule has 0 N–H and O–H groups in total. The first kappa shape index (κ1) is 13.0. The van der Waals surface area contributed by atoms with Crippen LogP contribution in [0.15, 0.2) is 12.1 Å². The first-order chi connectivity index (χ1) is 7.22. The number of carbonyl (C=O) groups excluding carboxylic acids is 1. The van der Waals surface area contributed by atoms with Gasteiger partial charge in [-0.2, -0.15) is 0 Å². The van der Waals surface area contributed by atoms with Crippen molar-refractivity contribution in [1.82, 2.24) is 0 Å². The van der Waals surface area contributed by atoms with Crippen LogP contribution in [-0.2, 0) is 4.74 Å². The van der Waals surface area contributed by atoms with E-state index in [0.717, 1.165) is 0 Å². The van der Waals surface area contributed by atoms with Crippen LogP contribution < -0.4 is 0 Å². The van der Waals surface area contributed by atoms with Gasteiger partial charge in [0, 0.05) is 0 Å². The molecule has 0 atom stereocenters. The third kappa shape index (κ3) is 2.95. The first-order valence-corrected chi connectivity index (χ1v) is 5.28. The number of esters is 1. The molecule has 0 aromatic heterocycles. The summed E-state index contributed by atoms with van der Waals surface area (Å²) < 4.78 is 18.7. The number of halogens is 2. The molecule has 1 aromatic carbocycles. The molecule has 0 heterocycles. The maximum Gasteiger partial charge on any atom is 0.341 e. The number of hydrogen-bond donors (Lipinski definition) is 0. The van der Waals surface area contributed by atoms with Crippen LogP contribution in [0.2, 0.25) is 5.02 Å². The summed E-state index contributed by atoms with van der Waals surface area (Å²) in [4.78, 5) is 11.6. The van der Waals surface area contributed by atoms with Gasteiger partial charge in [-0.15, -0.1) is 0 Å². The minimum atomic E-state index is -0.726. The Hall–Kier alpha value is -1.09. The molecule has 0 aliphatic carbocycles. The molecule has 0 bridgehead atoms. The molecular formula is C12H14ClFO2. The van der Waals surface area contributed by atoms with E-state index < -0.39 is 17.4 Å². The van der Waals surface area contributed by atoms with E-state index in [1.807, 2.05) is 0 Å². The van der Waals surface area contributed by atoms with E-state index in [9.17, 15) is 9.18 Å². The van der Waals surface area contributed by atoms with E-state index in [1.165, 1.54) is 6.07 Å². The van der Waals surface area contributed by atoms with Crippen LogP contribution in [0.4, 0.5) is 4.39 Å². The third-order valence-electron chi connectivity index (χ3n) is 1.89. The second-order valence-electron chi connectivity index (χ2n) is 4.56. The quantitative estimate of drug-likeness (QED) is 0.704. The van der Waals surface area contributed by atoms with E-state index >= 15 is 0 Å². The summed E-state index contributed by atoms with van der Waals surface area (Å²) in [6.07, 6.45) is 0. The lowest BCUT2D eigenvalue weighted by Gasteiger charge is -2.19. The van der Waals surface area contributed by atoms with E-state index in [2.05, 4.69) is 0 Å². The van der Waals surface area contributed by atoms with Gasteiger partial charge < -0.3 is 4.74 Å². The standard InChI is InChI=1S/C12H14ClFO2/c1-7-5-6-8(10(14)9(7)13)11(15)16-12(2,3)4/h5-6H,1-4H3. The Kier molecular flexibility index (Phi) is 3.58. The van der Waals surface area contributed by atoms with Crippen molar-refractivity contribution in [3.8, 4) is 0 Å². The predicted octanol–water partition coefficient (Wildman–Crippen LogP) is 3.74. The normalized spacial score (nSPS) is 11.4. The number of ether oxygens (including phenoxy) is 1. The molecule has 16 heavy (non-hydrogen) atoms. The summed E-state index contributed by atoms with van der Waals surface area (Å²) in [7, 11) is 0. The lowest BCUT2D eigenvalue weighted by Crippen LogP contribution is -2.24. The molecule has 0 aliphatic rings. The summed E-state index contributed by atoms with van der Waals surface area (Å²) >= 11 is 5.72. The Labute approximate surface area is 99.4 Å². The highest BCUT2D eigenvalue weighted by Gasteiger charge is 2.22. The van der Waals surface area contributed by atoms with Gasteiger partial charge in [0.1, 0.15) is 5.60 Å². The van der Waals surface area contributed by atoms with Crippen LogP contribution in [0.3, 0.4) is 0 Å². The van der Waals surface area contributed by atoms with Crippen molar-refractivity contribution in [2.75, 3.05) is 0 Å². The van der Waals surface area contributed by atoms with Crippen molar-refractivity contribution in [3.63, 3.8) is 0 Å². The van der Waals surface area contributed by atoms with E-state index in [4.69, 9.17) is 16.3 Å². The maximum atomic E-state index is 13.7. The molecule has 0 unspecified atom stereocenters. The van der Waals surface area contributed by atoms with Gasteiger partial charge in [0.15, 0.2) is 5.82 Å². The number of benzene rings is 1. The number of carbonyl (C=O) groups is 1. The molecule has 0 saturated carbocycles. The molecule has 4 heteroatoms. The predicted molar refractivity (Wildman–Crippen MR) is 61.3 cm³/mol. The summed E-state index contributed by atoms with van der Waals surface area (Å²) in [5, 5.41) is -0.0386. The molecule has 0 saturated heterocycles. The number of rotatable bonds is 1. The summed E-state index contributed by atoms with van der Waals surface area (Å²) in [5.74, 6) is -1.43. The fourth-order valence-electron chi connectivity index (χ4n) is 1.14. The fraction of sp³-hybridized carbons (Fsp3) is 0.417. The Morgan fingerprint density at radius 1 is 1.38 bits per heavy atom. The van der Waals surface area contributed by atoms with Crippen molar-refractivity contribution in [2.24, 2.45) is 0 Å². The molecule has 0 fully saturated rings. The van der Waals surface area contributed by atoms with Crippen LogP contribution in [0.5, 0.6) is 0 Å². The van der Waals surface area contributed by atoms with Gasteiger partial charge in [0.2, 0.25) is 0 Å². The molecule has 88 valence electrons. The van der Waals surface area contributed by atoms with E-state index in [0.29, 0.717) is 5.56 Å². The van der Waals surface area contributed by atoms with Gasteiger partial charge in [-0.3, -0.25) is 0 Å². The van der Waals surface area contributed by atoms with Crippen LogP contribution >= 0.6 is 11.6 Å². The van der Waals surface area contributed by atoms with Crippen molar-refractivity contribution in [2.45, 2.75) is 33.3 Å². The Balaban J connectivity index is 3.06. The van der Waals surface area contributed by atoms with Crippen molar-refractivity contribution < 1.29 is 13.9 Å². The summed E-state index contributed by atoms with van der Waals surface area (Å²) in [6, 6.07) is 2.97. The highest BCUT2D eigenvalue weighted by atomic mass is 35.5. The van der Waals surface area contributed by atoms with Gasteiger partial charge in [-0.1, -0.05) is 17.7 Å². The lowest BCUT2D eigenvalue weighted by molar-refractivity contribution is 0.00647. The molecule has 1 rings (SSSR count). The Morgan fingerprint density at radius 2 is 1.94 bits per heavy atom. The van der Waals surface area contributed by atoms with Gasteiger partial charge in [-0.05, 0) is 39.3 Å². The zero-order valence-electron chi connectivity index (χ0n) is 9.73. The largest absolute Gasteiger partial charge is 0.456 e. The van der Waals surface area contributed by atoms with E-state index in [1.54, 1.807) is 33.8 Å². The topological polar surface area (TPSA) is 26.3 Å². The summed E-state index contributed by atoms with van der Waals surface area (Å²) in [6.45, 7) is 6.83. The fourth-order valence-corrected chi connectivity index (χ4v) is 1.30. The molecule has 0 spiro atoms. The smallest absolute Gasteiger partial charge is 0.341 e. The summed E-state index contributed by atoms with van der Waals surface area (Å²) in [5.41, 5.74) is -0.196. The Bertz CT molecular complexity index is 422. The molecular weight excluding hydrogens is 231 g/mol. The molecule has 2 nitrogen and oxygen atoms in total. The number of hydrogen-bond acceptors (Lipinski definition) is 2. The van der Waals surface area contributed by atoms with Crippen molar-refractivity contribution in [3.05, 3.63) is 34.1 Å². The van der Waals surface area contributed by atoms with Gasteiger partial charge in [0.05, 0.1) is 10.6 Å². The van der Waals surface area contributed by atoms with Crippen LogP contribution in [0.25, 0.3) is 0 Å². The zero-order valence-corrected chi connectivity index (χ0v) is 10.5. The average Bonchev–Trinajstić information content (AvgIpc) is 2.11. The molecule has 1 aromatic rings. The third-order valence-corrected chi connectivity index (χ3v) is 2.36. The first-order valence-electron chi connectivity index (χ1n) is 4.90. The van der Waals surface area contributed by atoms with Crippen LogP contribution in [0, 0.1) is 12.7 Å². The second kappa shape index (κ2) is 4.42. The number of aryl methyl sites for hydroxylation is 1. The molecule has 0 amide bonds. The Morgan fingerprint density at radius 3 is 2.44 bits per heavy atom. The molecule has 0 radical (unpaired) electrons. The minimum absolute atomic E-state index is 0.0386. The highest BCUT2D eigenvalue weighted by molar-refractivity contribution is 6.31. The van der Waals surface area contributed by atoms with Gasteiger partial charge in [0.25, 0.3) is 0 Å². The highest BCUT2D eigenvalue weighted by Crippen LogP contribution is 2.24. The van der Waals surface area contributed by atoms with Crippen LogP contribution in [0.1, 0.15) is 36.7 Å². The van der Waals surface area contributed by atoms with Crippen molar-refractivity contribution >= 4 is 17.6 Å². The molecule has 0 aliphatic heterocycles. The SMILES string of the molecule is Cc1ccc(C(=O)OC(C)(C)C)c(F)c1Cl. The van der Waals surface area contributed by atoms with E-state index in [-0.39, 0.29) is 10.6 Å². The van der Waals surface area contributed by atoms with Gasteiger partial charge in [-0.25, -0.2) is 9.18 Å². The second-order valence-corrected chi connectivity index (χ2v) is 4.94. The van der Waals surface area contributed by atoms with Crippen LogP contribution in [-0.4, -0.2) is 11.6 Å². The monoisotopic (exact) mass is 244 g/mol. The van der Waals surface area contributed by atoms with Crippen molar-refractivity contribution in [1.29, 1.82) is 0 Å². The average molecular weight is 245 g/mol.